The highest BCUT2D eigenvalue weighted by Crippen LogP contribution is 2.31. The molecule has 1 atom stereocenters. The number of benzene rings is 1. The van der Waals surface area contributed by atoms with E-state index in [0.717, 1.165) is 16.6 Å². The zero-order valence-corrected chi connectivity index (χ0v) is 9.84. The molecule has 0 fully saturated rings. The van der Waals surface area contributed by atoms with Crippen LogP contribution in [0.25, 0.3) is 10.9 Å². The van der Waals surface area contributed by atoms with Gasteiger partial charge >= 0.3 is 5.97 Å². The molecule has 2 rings (SSSR count). The van der Waals surface area contributed by atoms with Gasteiger partial charge in [0.2, 0.25) is 0 Å². The van der Waals surface area contributed by atoms with Gasteiger partial charge in [-0.15, -0.1) is 0 Å². The summed E-state index contributed by atoms with van der Waals surface area (Å²) in [5.41, 5.74) is 2.62. The highest BCUT2D eigenvalue weighted by Gasteiger charge is 2.20. The van der Waals surface area contributed by atoms with Crippen molar-refractivity contribution in [1.82, 2.24) is 4.57 Å². The average Bonchev–Trinajstić information content (AvgIpc) is 2.51. The molecule has 0 saturated carbocycles. The Morgan fingerprint density at radius 3 is 2.71 bits per heavy atom. The lowest BCUT2D eigenvalue weighted by atomic mass is 10.0. The molecule has 0 bridgehead atoms. The van der Waals surface area contributed by atoms with Crippen molar-refractivity contribution in [3.63, 3.8) is 0 Å². The minimum atomic E-state index is -0.996. The van der Waals surface area contributed by atoms with Crippen LogP contribution in [0, 0.1) is 6.92 Å². The maximum atomic E-state index is 10.7. The highest BCUT2D eigenvalue weighted by molar-refractivity contribution is 5.86. The van der Waals surface area contributed by atoms with Crippen molar-refractivity contribution in [1.29, 1.82) is 0 Å². The molecular formula is C13H15NO3. The first kappa shape index (κ1) is 11.7. The number of aromatic nitrogens is 1. The second kappa shape index (κ2) is 4.22. The normalized spacial score (nSPS) is 12.9. The Kier molecular flexibility index (Phi) is 2.90. The van der Waals surface area contributed by atoms with Gasteiger partial charge in [-0.3, -0.25) is 4.79 Å². The minimum Gasteiger partial charge on any atom is -0.481 e. The number of hydrogen-bond donors (Lipinski definition) is 2. The zero-order valence-electron chi connectivity index (χ0n) is 9.84. The van der Waals surface area contributed by atoms with Gasteiger partial charge in [-0.25, -0.2) is 0 Å². The van der Waals surface area contributed by atoms with Crippen molar-refractivity contribution < 1.29 is 15.0 Å². The van der Waals surface area contributed by atoms with Crippen LogP contribution in [0.2, 0.25) is 0 Å². The molecule has 2 aromatic rings. The number of aliphatic hydroxyl groups is 1. The van der Waals surface area contributed by atoms with Crippen LogP contribution in [0.5, 0.6) is 0 Å². The SMILES string of the molecule is Cc1c([C@@H](O)CC(=O)O)c2ccccc2n1C. The van der Waals surface area contributed by atoms with E-state index in [4.69, 9.17) is 5.11 Å². The molecular weight excluding hydrogens is 218 g/mol. The van der Waals surface area contributed by atoms with Crippen LogP contribution in [0.4, 0.5) is 0 Å². The van der Waals surface area contributed by atoms with E-state index in [-0.39, 0.29) is 6.42 Å². The summed E-state index contributed by atoms with van der Waals surface area (Å²) in [5, 5.41) is 19.7. The predicted octanol–water partition coefficient (Wildman–Crippen LogP) is 1.99. The average molecular weight is 233 g/mol. The summed E-state index contributed by atoms with van der Waals surface area (Å²) >= 11 is 0. The quantitative estimate of drug-likeness (QED) is 0.852. The molecule has 1 aromatic heterocycles. The zero-order chi connectivity index (χ0) is 12.6. The molecule has 0 saturated heterocycles. The van der Waals surface area contributed by atoms with E-state index in [0.29, 0.717) is 5.56 Å². The maximum absolute atomic E-state index is 10.7. The highest BCUT2D eigenvalue weighted by atomic mass is 16.4. The van der Waals surface area contributed by atoms with Gasteiger partial charge in [0.1, 0.15) is 0 Å². The second-order valence-electron chi connectivity index (χ2n) is 4.19. The van der Waals surface area contributed by atoms with Gasteiger partial charge in [0, 0.05) is 29.2 Å². The first-order valence-electron chi connectivity index (χ1n) is 5.46. The van der Waals surface area contributed by atoms with Gasteiger partial charge in [-0.2, -0.15) is 0 Å². The van der Waals surface area contributed by atoms with Crippen molar-refractivity contribution in [2.45, 2.75) is 19.4 Å². The molecule has 0 amide bonds. The summed E-state index contributed by atoms with van der Waals surface area (Å²) in [5.74, 6) is -0.996. The molecule has 90 valence electrons. The monoisotopic (exact) mass is 233 g/mol. The molecule has 1 aromatic carbocycles. The van der Waals surface area contributed by atoms with E-state index in [1.165, 1.54) is 0 Å². The van der Waals surface area contributed by atoms with Gasteiger partial charge in [0.05, 0.1) is 12.5 Å². The number of carbonyl (C=O) groups is 1. The number of aryl methyl sites for hydroxylation is 1. The molecule has 0 spiro atoms. The molecule has 2 N–H and O–H groups in total. The van der Waals surface area contributed by atoms with Crippen molar-refractivity contribution >= 4 is 16.9 Å². The van der Waals surface area contributed by atoms with Gasteiger partial charge in [0.15, 0.2) is 0 Å². The third kappa shape index (κ3) is 1.91. The molecule has 0 radical (unpaired) electrons. The van der Waals surface area contributed by atoms with Crippen LogP contribution >= 0.6 is 0 Å². The first-order chi connectivity index (χ1) is 8.02. The van der Waals surface area contributed by atoms with E-state index >= 15 is 0 Å². The lowest BCUT2D eigenvalue weighted by Gasteiger charge is -2.08. The van der Waals surface area contributed by atoms with Crippen LogP contribution in [0.15, 0.2) is 24.3 Å². The van der Waals surface area contributed by atoms with Crippen LogP contribution in [0.3, 0.4) is 0 Å². The van der Waals surface area contributed by atoms with Crippen molar-refractivity contribution in [3.8, 4) is 0 Å². The number of para-hydroxylation sites is 1. The van der Waals surface area contributed by atoms with Gasteiger partial charge in [-0.1, -0.05) is 18.2 Å². The number of fused-ring (bicyclic) bond motifs is 1. The van der Waals surface area contributed by atoms with E-state index in [1.807, 2.05) is 42.8 Å². The Labute approximate surface area is 99.1 Å². The number of carboxylic acids is 1. The number of hydrogen-bond acceptors (Lipinski definition) is 2. The summed E-state index contributed by atoms with van der Waals surface area (Å²) in [6.07, 6.45) is -1.23. The summed E-state index contributed by atoms with van der Waals surface area (Å²) in [6.45, 7) is 1.89. The molecule has 0 aliphatic rings. The largest absolute Gasteiger partial charge is 0.481 e. The third-order valence-corrected chi connectivity index (χ3v) is 3.15. The lowest BCUT2D eigenvalue weighted by molar-refractivity contribution is -0.139. The molecule has 0 unspecified atom stereocenters. The molecule has 4 nitrogen and oxygen atoms in total. The lowest BCUT2D eigenvalue weighted by Crippen LogP contribution is -2.06. The number of carboxylic acid groups (broad SMARTS) is 1. The third-order valence-electron chi connectivity index (χ3n) is 3.15. The number of aliphatic carboxylic acids is 1. The van der Waals surface area contributed by atoms with E-state index in [1.54, 1.807) is 0 Å². The minimum absolute atomic E-state index is 0.269. The maximum Gasteiger partial charge on any atom is 0.306 e. The Balaban J connectivity index is 2.60. The Morgan fingerprint density at radius 2 is 2.06 bits per heavy atom. The van der Waals surface area contributed by atoms with Crippen molar-refractivity contribution in [2.75, 3.05) is 0 Å². The van der Waals surface area contributed by atoms with Crippen LogP contribution in [-0.2, 0) is 11.8 Å². The molecule has 0 aliphatic carbocycles. The Hall–Kier alpha value is -1.81. The fourth-order valence-electron chi connectivity index (χ4n) is 2.24. The first-order valence-corrected chi connectivity index (χ1v) is 5.46. The van der Waals surface area contributed by atoms with Crippen LogP contribution < -0.4 is 0 Å². The molecule has 4 heteroatoms. The van der Waals surface area contributed by atoms with Crippen molar-refractivity contribution in [2.24, 2.45) is 7.05 Å². The second-order valence-corrected chi connectivity index (χ2v) is 4.19. The van der Waals surface area contributed by atoms with Gasteiger partial charge < -0.3 is 14.8 Å². The Bertz CT molecular complexity index is 571. The van der Waals surface area contributed by atoms with Crippen molar-refractivity contribution in [3.05, 3.63) is 35.5 Å². The molecule has 17 heavy (non-hydrogen) atoms. The summed E-state index contributed by atoms with van der Waals surface area (Å²) in [6, 6.07) is 7.68. The fraction of sp³-hybridized carbons (Fsp3) is 0.308. The van der Waals surface area contributed by atoms with Crippen LogP contribution in [-0.4, -0.2) is 20.7 Å². The summed E-state index contributed by atoms with van der Waals surface area (Å²) < 4.78 is 1.97. The van der Waals surface area contributed by atoms with Crippen LogP contribution in [0.1, 0.15) is 23.8 Å². The van der Waals surface area contributed by atoms with E-state index in [9.17, 15) is 9.90 Å². The predicted molar refractivity (Wildman–Crippen MR) is 64.9 cm³/mol. The summed E-state index contributed by atoms with van der Waals surface area (Å²) in [4.78, 5) is 10.7. The standard InChI is InChI=1S/C13H15NO3/c1-8-13(11(15)7-12(16)17)9-5-3-4-6-10(9)14(8)2/h3-6,11,15H,7H2,1-2H3,(H,16,17)/t11-/m0/s1. The fourth-order valence-corrected chi connectivity index (χ4v) is 2.24. The topological polar surface area (TPSA) is 62.5 Å². The summed E-state index contributed by atoms with van der Waals surface area (Å²) in [7, 11) is 1.91. The smallest absolute Gasteiger partial charge is 0.306 e. The number of rotatable bonds is 3. The van der Waals surface area contributed by atoms with E-state index < -0.39 is 12.1 Å². The van der Waals surface area contributed by atoms with Gasteiger partial charge in [0.25, 0.3) is 0 Å². The number of aliphatic hydroxyl groups excluding tert-OH is 1. The number of nitrogens with zero attached hydrogens (tertiary/aromatic N) is 1. The molecule has 1 heterocycles. The van der Waals surface area contributed by atoms with Gasteiger partial charge in [-0.05, 0) is 13.0 Å². The Morgan fingerprint density at radius 1 is 1.41 bits per heavy atom. The molecule has 0 aliphatic heterocycles. The van der Waals surface area contributed by atoms with E-state index in [2.05, 4.69) is 0 Å².